The lowest BCUT2D eigenvalue weighted by molar-refractivity contribution is -0.137. The van der Waals surface area contributed by atoms with Crippen molar-refractivity contribution in [2.45, 2.75) is 32.4 Å². The molecule has 1 aromatic carbocycles. The van der Waals surface area contributed by atoms with Crippen LogP contribution in [0.1, 0.15) is 31.9 Å². The number of hydrogen-bond acceptors (Lipinski definition) is 3. The van der Waals surface area contributed by atoms with Crippen molar-refractivity contribution in [3.05, 3.63) is 35.9 Å². The van der Waals surface area contributed by atoms with E-state index in [0.717, 1.165) is 5.56 Å². The maximum atomic E-state index is 11.9. The average Bonchev–Trinajstić information content (AvgIpc) is 2.44. The van der Waals surface area contributed by atoms with Gasteiger partial charge in [0.2, 0.25) is 0 Å². The molecule has 2 unspecified atom stereocenters. The molecule has 1 aromatic rings. The summed E-state index contributed by atoms with van der Waals surface area (Å²) < 4.78 is 5.21. The molecule has 0 aliphatic carbocycles. The predicted molar refractivity (Wildman–Crippen MR) is 79.1 cm³/mol. The highest BCUT2D eigenvalue weighted by atomic mass is 16.5. The first-order valence-electron chi connectivity index (χ1n) is 6.94. The Morgan fingerprint density at radius 3 is 2.48 bits per heavy atom. The van der Waals surface area contributed by atoms with Crippen molar-refractivity contribution in [1.29, 1.82) is 0 Å². The minimum absolute atomic E-state index is 0.147. The number of ether oxygens (including phenoxy) is 1. The monoisotopic (exact) mass is 294 g/mol. The molecule has 116 valence electrons. The number of amides is 2. The minimum atomic E-state index is -0.966. The SMILES string of the molecule is CCOCC(C)NC(=O)NC(CC(=O)O)c1ccccc1. The van der Waals surface area contributed by atoms with E-state index < -0.39 is 18.0 Å². The summed E-state index contributed by atoms with van der Waals surface area (Å²) in [5, 5.41) is 14.4. The van der Waals surface area contributed by atoms with Crippen LogP contribution in [0, 0.1) is 0 Å². The third-order valence-corrected chi connectivity index (χ3v) is 2.84. The molecule has 0 aliphatic heterocycles. The molecule has 0 aliphatic rings. The van der Waals surface area contributed by atoms with Gasteiger partial charge in [-0.15, -0.1) is 0 Å². The van der Waals surface area contributed by atoms with Crippen molar-refractivity contribution < 1.29 is 19.4 Å². The molecule has 0 aromatic heterocycles. The van der Waals surface area contributed by atoms with Gasteiger partial charge in [0.1, 0.15) is 0 Å². The summed E-state index contributed by atoms with van der Waals surface area (Å²) in [5.74, 6) is -0.966. The Balaban J connectivity index is 2.60. The lowest BCUT2D eigenvalue weighted by atomic mass is 10.0. The Morgan fingerprint density at radius 1 is 1.24 bits per heavy atom. The van der Waals surface area contributed by atoms with E-state index in [1.807, 2.05) is 32.0 Å². The van der Waals surface area contributed by atoms with Gasteiger partial charge in [-0.2, -0.15) is 0 Å². The third-order valence-electron chi connectivity index (χ3n) is 2.84. The number of carbonyl (C=O) groups excluding carboxylic acids is 1. The van der Waals surface area contributed by atoms with Gasteiger partial charge in [0.05, 0.1) is 25.1 Å². The molecule has 2 atom stereocenters. The number of carboxylic acids is 1. The smallest absolute Gasteiger partial charge is 0.315 e. The van der Waals surface area contributed by atoms with Gasteiger partial charge in [-0.1, -0.05) is 30.3 Å². The number of carboxylic acid groups (broad SMARTS) is 1. The number of rotatable bonds is 8. The van der Waals surface area contributed by atoms with Gasteiger partial charge >= 0.3 is 12.0 Å². The van der Waals surface area contributed by atoms with Crippen molar-refractivity contribution in [2.24, 2.45) is 0 Å². The number of aliphatic carboxylic acids is 1. The Kier molecular flexibility index (Phi) is 7.25. The lowest BCUT2D eigenvalue weighted by Crippen LogP contribution is -2.44. The fraction of sp³-hybridized carbons (Fsp3) is 0.467. The van der Waals surface area contributed by atoms with E-state index in [-0.39, 0.29) is 12.5 Å². The average molecular weight is 294 g/mol. The van der Waals surface area contributed by atoms with Gasteiger partial charge in [0.15, 0.2) is 0 Å². The van der Waals surface area contributed by atoms with Gasteiger partial charge in [-0.25, -0.2) is 4.79 Å². The third kappa shape index (κ3) is 6.76. The van der Waals surface area contributed by atoms with E-state index in [9.17, 15) is 9.59 Å². The fourth-order valence-corrected chi connectivity index (χ4v) is 1.87. The lowest BCUT2D eigenvalue weighted by Gasteiger charge is -2.20. The first kappa shape index (κ1) is 17.0. The number of benzene rings is 1. The Labute approximate surface area is 124 Å². The van der Waals surface area contributed by atoms with Crippen LogP contribution in [0.4, 0.5) is 4.79 Å². The van der Waals surface area contributed by atoms with Gasteiger partial charge < -0.3 is 20.5 Å². The molecule has 0 saturated heterocycles. The van der Waals surface area contributed by atoms with Crippen LogP contribution < -0.4 is 10.6 Å². The molecule has 6 heteroatoms. The molecule has 3 N–H and O–H groups in total. The molecule has 0 fully saturated rings. The highest BCUT2D eigenvalue weighted by Crippen LogP contribution is 2.16. The minimum Gasteiger partial charge on any atom is -0.481 e. The summed E-state index contributed by atoms with van der Waals surface area (Å²) in [6.07, 6.45) is -0.169. The van der Waals surface area contributed by atoms with Crippen LogP contribution in [0.25, 0.3) is 0 Å². The van der Waals surface area contributed by atoms with Crippen LogP contribution in [0.15, 0.2) is 30.3 Å². The van der Waals surface area contributed by atoms with Gasteiger partial charge in [0.25, 0.3) is 0 Å². The highest BCUT2D eigenvalue weighted by Gasteiger charge is 2.18. The van der Waals surface area contributed by atoms with Crippen molar-refractivity contribution in [1.82, 2.24) is 10.6 Å². The molecule has 0 heterocycles. The number of hydrogen-bond donors (Lipinski definition) is 3. The molecule has 0 spiro atoms. The van der Waals surface area contributed by atoms with Crippen LogP contribution >= 0.6 is 0 Å². The summed E-state index contributed by atoms with van der Waals surface area (Å²) in [6.45, 7) is 4.70. The normalized spacial score (nSPS) is 13.2. The van der Waals surface area contributed by atoms with Crippen LogP contribution in [0.2, 0.25) is 0 Å². The van der Waals surface area contributed by atoms with E-state index in [1.54, 1.807) is 12.1 Å². The molecule has 1 rings (SSSR count). The van der Waals surface area contributed by atoms with Crippen molar-refractivity contribution in [3.8, 4) is 0 Å². The quantitative estimate of drug-likeness (QED) is 0.683. The fourth-order valence-electron chi connectivity index (χ4n) is 1.87. The molecular weight excluding hydrogens is 272 g/mol. The van der Waals surface area contributed by atoms with E-state index >= 15 is 0 Å². The zero-order valence-corrected chi connectivity index (χ0v) is 12.3. The number of carbonyl (C=O) groups is 2. The molecular formula is C15H22N2O4. The number of urea groups is 1. The molecule has 6 nitrogen and oxygen atoms in total. The van der Waals surface area contributed by atoms with Crippen LogP contribution in [0.5, 0.6) is 0 Å². The highest BCUT2D eigenvalue weighted by molar-refractivity contribution is 5.76. The van der Waals surface area contributed by atoms with E-state index in [1.165, 1.54) is 0 Å². The van der Waals surface area contributed by atoms with E-state index in [4.69, 9.17) is 9.84 Å². The Hall–Kier alpha value is -2.08. The van der Waals surface area contributed by atoms with Crippen molar-refractivity contribution >= 4 is 12.0 Å². The second kappa shape index (κ2) is 8.97. The zero-order valence-electron chi connectivity index (χ0n) is 12.3. The standard InChI is InChI=1S/C15H22N2O4/c1-3-21-10-11(2)16-15(20)17-13(9-14(18)19)12-7-5-4-6-8-12/h4-8,11,13H,3,9-10H2,1-2H3,(H,18,19)(H2,16,17,20). The summed E-state index contributed by atoms with van der Waals surface area (Å²) in [6, 6.07) is 7.91. The molecule has 21 heavy (non-hydrogen) atoms. The van der Waals surface area contributed by atoms with E-state index in [2.05, 4.69) is 10.6 Å². The van der Waals surface area contributed by atoms with E-state index in [0.29, 0.717) is 13.2 Å². The number of nitrogens with one attached hydrogen (secondary N) is 2. The Bertz CT molecular complexity index is 450. The molecule has 2 amide bonds. The summed E-state index contributed by atoms with van der Waals surface area (Å²) in [4.78, 5) is 22.8. The van der Waals surface area contributed by atoms with Gasteiger partial charge in [-0.3, -0.25) is 4.79 Å². The Morgan fingerprint density at radius 2 is 1.90 bits per heavy atom. The summed E-state index contributed by atoms with van der Waals surface area (Å²) >= 11 is 0. The first-order valence-corrected chi connectivity index (χ1v) is 6.94. The van der Waals surface area contributed by atoms with Gasteiger partial charge in [0, 0.05) is 6.61 Å². The molecule has 0 saturated carbocycles. The first-order chi connectivity index (χ1) is 10.0. The van der Waals surface area contributed by atoms with Crippen molar-refractivity contribution in [3.63, 3.8) is 0 Å². The second-order valence-corrected chi connectivity index (χ2v) is 4.74. The zero-order chi connectivity index (χ0) is 15.7. The summed E-state index contributed by atoms with van der Waals surface area (Å²) in [5.41, 5.74) is 0.757. The van der Waals surface area contributed by atoms with Crippen LogP contribution in [-0.2, 0) is 9.53 Å². The maximum Gasteiger partial charge on any atom is 0.315 e. The summed E-state index contributed by atoms with van der Waals surface area (Å²) in [7, 11) is 0. The molecule has 0 bridgehead atoms. The van der Waals surface area contributed by atoms with Gasteiger partial charge in [-0.05, 0) is 19.4 Å². The van der Waals surface area contributed by atoms with Crippen LogP contribution in [-0.4, -0.2) is 36.4 Å². The maximum absolute atomic E-state index is 11.9. The van der Waals surface area contributed by atoms with Crippen LogP contribution in [0.3, 0.4) is 0 Å². The predicted octanol–water partition coefficient (Wildman–Crippen LogP) is 1.93. The molecule has 0 radical (unpaired) electrons. The van der Waals surface area contributed by atoms with Crippen molar-refractivity contribution in [2.75, 3.05) is 13.2 Å². The topological polar surface area (TPSA) is 87.7 Å². The largest absolute Gasteiger partial charge is 0.481 e. The second-order valence-electron chi connectivity index (χ2n) is 4.74.